The summed E-state index contributed by atoms with van der Waals surface area (Å²) in [6.07, 6.45) is 1.85. The Balaban J connectivity index is 2.03. The summed E-state index contributed by atoms with van der Waals surface area (Å²) in [6, 6.07) is 5.91. The Morgan fingerprint density at radius 3 is 2.60 bits per heavy atom. The van der Waals surface area contributed by atoms with Crippen molar-refractivity contribution in [2.45, 2.75) is 25.8 Å². The summed E-state index contributed by atoms with van der Waals surface area (Å²) in [5.41, 5.74) is 7.37. The number of anilines is 1. The van der Waals surface area contributed by atoms with Gasteiger partial charge in [-0.1, -0.05) is 23.8 Å². The van der Waals surface area contributed by atoms with Gasteiger partial charge in [0.15, 0.2) is 0 Å². The lowest BCUT2D eigenvalue weighted by Crippen LogP contribution is -2.44. The number of halogens is 1. The minimum absolute atomic E-state index is 0.0299. The summed E-state index contributed by atoms with van der Waals surface area (Å²) in [4.78, 5) is 13.6. The van der Waals surface area contributed by atoms with Crippen LogP contribution in [0.3, 0.4) is 0 Å². The molecule has 4 nitrogen and oxygen atoms in total. The zero-order valence-corrected chi connectivity index (χ0v) is 12.9. The van der Waals surface area contributed by atoms with E-state index >= 15 is 0 Å². The average molecular weight is 312 g/mol. The number of amides is 1. The van der Waals surface area contributed by atoms with Gasteiger partial charge in [0.2, 0.25) is 5.91 Å². The predicted molar refractivity (Wildman–Crippen MR) is 86.4 cm³/mol. The van der Waals surface area contributed by atoms with E-state index in [1.807, 2.05) is 12.1 Å². The molecule has 0 atom stereocenters. The van der Waals surface area contributed by atoms with Crippen molar-refractivity contribution in [1.29, 1.82) is 0 Å². The number of carbonyl (C=O) groups excluding carboxylic acids is 1. The Morgan fingerprint density at radius 1 is 1.45 bits per heavy atom. The third-order valence-corrected chi connectivity index (χ3v) is 4.01. The minimum Gasteiger partial charge on any atom is -0.389 e. The molecule has 0 spiro atoms. The Labute approximate surface area is 129 Å². The second kappa shape index (κ2) is 6.41. The molecule has 1 aliphatic heterocycles. The van der Waals surface area contributed by atoms with Crippen LogP contribution in [0.2, 0.25) is 5.02 Å². The minimum atomic E-state index is 0.0299. The first kappa shape index (κ1) is 15.1. The fourth-order valence-corrected chi connectivity index (χ4v) is 2.90. The van der Waals surface area contributed by atoms with Crippen LogP contribution in [0.5, 0.6) is 0 Å². The number of hydrogen-bond acceptors (Lipinski definition) is 3. The normalized spacial score (nSPS) is 16.0. The van der Waals surface area contributed by atoms with Gasteiger partial charge in [0, 0.05) is 31.6 Å². The zero-order chi connectivity index (χ0) is 14.7. The molecule has 0 saturated carbocycles. The van der Waals surface area contributed by atoms with Crippen LogP contribution in [-0.4, -0.2) is 30.0 Å². The molecular formula is C14H18ClN3OS. The van der Waals surface area contributed by atoms with Crippen molar-refractivity contribution in [1.82, 2.24) is 5.32 Å². The van der Waals surface area contributed by atoms with Crippen molar-refractivity contribution >= 4 is 40.4 Å². The van der Waals surface area contributed by atoms with E-state index in [4.69, 9.17) is 29.6 Å². The van der Waals surface area contributed by atoms with Gasteiger partial charge >= 0.3 is 0 Å². The molecule has 108 valence electrons. The lowest BCUT2D eigenvalue weighted by atomic mass is 10.0. The largest absolute Gasteiger partial charge is 0.389 e. The number of rotatable bonds is 3. The van der Waals surface area contributed by atoms with E-state index in [1.165, 1.54) is 0 Å². The predicted octanol–water partition coefficient (Wildman–Crippen LogP) is 2.08. The molecular weight excluding hydrogens is 294 g/mol. The molecule has 2 rings (SSSR count). The number of hydrogen-bond donors (Lipinski definition) is 2. The lowest BCUT2D eigenvalue weighted by Gasteiger charge is -2.34. The van der Waals surface area contributed by atoms with Crippen molar-refractivity contribution < 1.29 is 4.79 Å². The van der Waals surface area contributed by atoms with Gasteiger partial charge in [-0.25, -0.2) is 0 Å². The number of carbonyl (C=O) groups is 1. The maximum Gasteiger partial charge on any atom is 0.217 e. The van der Waals surface area contributed by atoms with Crippen molar-refractivity contribution in [3.8, 4) is 0 Å². The van der Waals surface area contributed by atoms with Crippen molar-refractivity contribution in [2.75, 3.05) is 18.0 Å². The smallest absolute Gasteiger partial charge is 0.217 e. The van der Waals surface area contributed by atoms with Crippen molar-refractivity contribution in [2.24, 2.45) is 5.73 Å². The van der Waals surface area contributed by atoms with Gasteiger partial charge in [0.05, 0.1) is 10.7 Å². The lowest BCUT2D eigenvalue weighted by molar-refractivity contribution is -0.119. The summed E-state index contributed by atoms with van der Waals surface area (Å²) < 4.78 is 0. The highest BCUT2D eigenvalue weighted by molar-refractivity contribution is 7.80. The standard InChI is InChI=1S/C14H18ClN3OS/c1-9(19)17-11-4-6-18(7-5-11)13-3-2-10(14(16)20)8-12(13)15/h2-3,8,11H,4-7H2,1H3,(H2,16,20)(H,17,19). The molecule has 0 radical (unpaired) electrons. The van der Waals surface area contributed by atoms with Crippen LogP contribution < -0.4 is 16.0 Å². The topological polar surface area (TPSA) is 58.4 Å². The van der Waals surface area contributed by atoms with Gasteiger partial charge in [0.1, 0.15) is 4.99 Å². The number of piperidine rings is 1. The number of nitrogens with two attached hydrogens (primary N) is 1. The van der Waals surface area contributed by atoms with Gasteiger partial charge in [-0.15, -0.1) is 0 Å². The molecule has 1 fully saturated rings. The molecule has 0 aliphatic carbocycles. The molecule has 1 aliphatic rings. The van der Waals surface area contributed by atoms with Crippen LogP contribution in [0, 0.1) is 0 Å². The number of nitrogens with zero attached hydrogens (tertiary/aromatic N) is 1. The second-order valence-electron chi connectivity index (χ2n) is 4.99. The number of nitrogens with one attached hydrogen (secondary N) is 1. The van der Waals surface area contributed by atoms with E-state index < -0.39 is 0 Å². The Morgan fingerprint density at radius 2 is 2.10 bits per heavy atom. The second-order valence-corrected chi connectivity index (χ2v) is 5.84. The molecule has 3 N–H and O–H groups in total. The zero-order valence-electron chi connectivity index (χ0n) is 11.4. The van der Waals surface area contributed by atoms with Crippen LogP contribution in [0.15, 0.2) is 18.2 Å². The summed E-state index contributed by atoms with van der Waals surface area (Å²) >= 11 is 11.2. The van der Waals surface area contributed by atoms with Gasteiger partial charge in [-0.2, -0.15) is 0 Å². The van der Waals surface area contributed by atoms with Crippen LogP contribution in [0.1, 0.15) is 25.3 Å². The number of benzene rings is 1. The molecule has 1 saturated heterocycles. The van der Waals surface area contributed by atoms with E-state index in [0.29, 0.717) is 10.0 Å². The van der Waals surface area contributed by atoms with E-state index in [2.05, 4.69) is 10.2 Å². The summed E-state index contributed by atoms with van der Waals surface area (Å²) in [5, 5.41) is 3.62. The van der Waals surface area contributed by atoms with Crippen LogP contribution in [0.4, 0.5) is 5.69 Å². The van der Waals surface area contributed by atoms with Crippen molar-refractivity contribution in [3.63, 3.8) is 0 Å². The van der Waals surface area contributed by atoms with Gasteiger partial charge in [-0.3, -0.25) is 4.79 Å². The molecule has 0 bridgehead atoms. The highest BCUT2D eigenvalue weighted by Gasteiger charge is 2.21. The van der Waals surface area contributed by atoms with Crippen molar-refractivity contribution in [3.05, 3.63) is 28.8 Å². The third kappa shape index (κ3) is 3.61. The molecule has 1 aromatic rings. The summed E-state index contributed by atoms with van der Waals surface area (Å²) in [7, 11) is 0. The summed E-state index contributed by atoms with van der Waals surface area (Å²) in [6.45, 7) is 3.30. The number of thiocarbonyl (C=S) groups is 1. The van der Waals surface area contributed by atoms with E-state index in [-0.39, 0.29) is 11.9 Å². The fraction of sp³-hybridized carbons (Fsp3) is 0.429. The Kier molecular flexibility index (Phi) is 4.83. The Hall–Kier alpha value is -1.33. The molecule has 1 heterocycles. The third-order valence-electron chi connectivity index (χ3n) is 3.48. The Bertz CT molecular complexity index is 527. The first-order valence-corrected chi connectivity index (χ1v) is 7.37. The monoisotopic (exact) mass is 311 g/mol. The molecule has 0 aromatic heterocycles. The molecule has 20 heavy (non-hydrogen) atoms. The highest BCUT2D eigenvalue weighted by atomic mass is 35.5. The first-order chi connectivity index (χ1) is 9.47. The van der Waals surface area contributed by atoms with Gasteiger partial charge in [-0.05, 0) is 31.0 Å². The maximum absolute atomic E-state index is 11.0. The molecule has 1 aromatic carbocycles. The van der Waals surface area contributed by atoms with Crippen LogP contribution in [0.25, 0.3) is 0 Å². The van der Waals surface area contributed by atoms with E-state index in [1.54, 1.807) is 13.0 Å². The average Bonchev–Trinajstić information content (AvgIpc) is 2.39. The van der Waals surface area contributed by atoms with E-state index in [0.717, 1.165) is 37.2 Å². The molecule has 0 unspecified atom stereocenters. The first-order valence-electron chi connectivity index (χ1n) is 6.59. The van der Waals surface area contributed by atoms with Gasteiger partial charge in [0.25, 0.3) is 0 Å². The molecule has 6 heteroatoms. The SMILES string of the molecule is CC(=O)NC1CCN(c2ccc(C(N)=S)cc2Cl)CC1. The van der Waals surface area contributed by atoms with Gasteiger partial charge < -0.3 is 16.0 Å². The maximum atomic E-state index is 11.0. The molecule has 1 amide bonds. The van der Waals surface area contributed by atoms with E-state index in [9.17, 15) is 4.79 Å². The highest BCUT2D eigenvalue weighted by Crippen LogP contribution is 2.29. The van der Waals surface area contributed by atoms with Crippen LogP contribution >= 0.6 is 23.8 Å². The quantitative estimate of drug-likeness (QED) is 0.839. The fourth-order valence-electron chi connectivity index (χ4n) is 2.47. The summed E-state index contributed by atoms with van der Waals surface area (Å²) in [5.74, 6) is 0.0299. The van der Waals surface area contributed by atoms with Crippen LogP contribution in [-0.2, 0) is 4.79 Å².